The molecule has 1 aliphatic rings. The van der Waals surface area contributed by atoms with Gasteiger partial charge in [-0.1, -0.05) is 18.2 Å². The second-order valence-electron chi connectivity index (χ2n) is 6.11. The van der Waals surface area contributed by atoms with Crippen molar-refractivity contribution < 1.29 is 13.2 Å². The lowest BCUT2D eigenvalue weighted by molar-refractivity contribution is -0.126. The van der Waals surface area contributed by atoms with Gasteiger partial charge in [-0.2, -0.15) is 4.31 Å². The number of carbonyl (C=O) groups is 1. The van der Waals surface area contributed by atoms with Crippen LogP contribution in [0.25, 0.3) is 0 Å². The van der Waals surface area contributed by atoms with Gasteiger partial charge < -0.3 is 10.2 Å². The molecule has 0 aromatic heterocycles. The van der Waals surface area contributed by atoms with Crippen molar-refractivity contribution in [3.63, 3.8) is 0 Å². The van der Waals surface area contributed by atoms with Crippen LogP contribution < -0.4 is 5.32 Å². The minimum atomic E-state index is -3.52. The smallest absolute Gasteiger partial charge is 0.243 e. The lowest BCUT2D eigenvalue weighted by Crippen LogP contribution is -2.46. The third-order valence-corrected chi connectivity index (χ3v) is 5.87. The van der Waals surface area contributed by atoms with Crippen LogP contribution in [0.2, 0.25) is 0 Å². The van der Waals surface area contributed by atoms with E-state index < -0.39 is 10.0 Å². The minimum Gasteiger partial charge on any atom is -0.355 e. The van der Waals surface area contributed by atoms with E-state index >= 15 is 0 Å². The molecule has 1 amide bonds. The maximum atomic E-state index is 12.6. The summed E-state index contributed by atoms with van der Waals surface area (Å²) < 4.78 is 26.7. The van der Waals surface area contributed by atoms with Crippen molar-refractivity contribution in [1.82, 2.24) is 14.5 Å². The molecule has 1 heterocycles. The number of nitrogens with one attached hydrogen (secondary N) is 1. The van der Waals surface area contributed by atoms with Crippen molar-refractivity contribution in [2.45, 2.75) is 17.7 Å². The third-order valence-electron chi connectivity index (χ3n) is 3.99. The van der Waals surface area contributed by atoms with Crippen LogP contribution in [0.4, 0.5) is 0 Å². The van der Waals surface area contributed by atoms with Crippen LogP contribution in [-0.4, -0.2) is 63.8 Å². The Hall–Kier alpha value is -1.44. The number of rotatable bonds is 6. The summed E-state index contributed by atoms with van der Waals surface area (Å²) in [7, 11) is 0.373. The van der Waals surface area contributed by atoms with Gasteiger partial charge in [-0.3, -0.25) is 4.79 Å². The van der Waals surface area contributed by atoms with E-state index in [1.165, 1.54) is 4.31 Å². The Balaban J connectivity index is 1.99. The summed E-state index contributed by atoms with van der Waals surface area (Å²) in [5.41, 5.74) is 0. The van der Waals surface area contributed by atoms with Gasteiger partial charge in [0.2, 0.25) is 15.9 Å². The molecule has 1 aromatic rings. The normalized spacial score (nSPS) is 19.7. The number of hydrogen-bond acceptors (Lipinski definition) is 4. The summed E-state index contributed by atoms with van der Waals surface area (Å²) in [6.45, 7) is 2.07. The van der Waals surface area contributed by atoms with Crippen LogP contribution in [0.1, 0.15) is 12.8 Å². The summed E-state index contributed by atoms with van der Waals surface area (Å²) in [6, 6.07) is 8.40. The Morgan fingerprint density at radius 2 is 2.00 bits per heavy atom. The predicted molar refractivity (Wildman–Crippen MR) is 89.5 cm³/mol. The zero-order valence-electron chi connectivity index (χ0n) is 13.7. The van der Waals surface area contributed by atoms with Gasteiger partial charge in [-0.25, -0.2) is 8.42 Å². The highest BCUT2D eigenvalue weighted by atomic mass is 32.2. The highest BCUT2D eigenvalue weighted by molar-refractivity contribution is 7.89. The molecule has 23 heavy (non-hydrogen) atoms. The number of likely N-dealkylation sites (N-methyl/N-ethyl adjacent to an activating group) is 1. The summed E-state index contributed by atoms with van der Waals surface area (Å²) in [5.74, 6) is -0.329. The van der Waals surface area contributed by atoms with Gasteiger partial charge in [0.1, 0.15) is 0 Å². The zero-order valence-corrected chi connectivity index (χ0v) is 14.6. The van der Waals surface area contributed by atoms with Crippen LogP contribution in [0.5, 0.6) is 0 Å². The average molecular weight is 339 g/mol. The van der Waals surface area contributed by atoms with Gasteiger partial charge in [-0.05, 0) is 39.1 Å². The van der Waals surface area contributed by atoms with E-state index in [1.54, 1.807) is 30.3 Å². The molecule has 2 rings (SSSR count). The van der Waals surface area contributed by atoms with Gasteiger partial charge in [0, 0.05) is 26.2 Å². The minimum absolute atomic E-state index is 0.0557. The van der Waals surface area contributed by atoms with Crippen molar-refractivity contribution in [2.24, 2.45) is 5.92 Å². The van der Waals surface area contributed by atoms with E-state index in [0.29, 0.717) is 19.5 Å². The van der Waals surface area contributed by atoms with Gasteiger partial charge in [0.15, 0.2) is 0 Å². The van der Waals surface area contributed by atoms with Crippen LogP contribution >= 0.6 is 0 Å². The Morgan fingerprint density at radius 3 is 2.65 bits per heavy atom. The second kappa shape index (κ2) is 7.90. The molecule has 0 unspecified atom stereocenters. The molecule has 1 N–H and O–H groups in total. The molecule has 1 atom stereocenters. The van der Waals surface area contributed by atoms with Crippen molar-refractivity contribution in [3.8, 4) is 0 Å². The highest BCUT2D eigenvalue weighted by Crippen LogP contribution is 2.23. The number of piperidine rings is 1. The fourth-order valence-electron chi connectivity index (χ4n) is 2.66. The molecule has 128 valence electrons. The lowest BCUT2D eigenvalue weighted by Gasteiger charge is -2.31. The Bertz CT molecular complexity index is 617. The van der Waals surface area contributed by atoms with Gasteiger partial charge in [-0.15, -0.1) is 0 Å². The summed E-state index contributed by atoms with van der Waals surface area (Å²) in [4.78, 5) is 14.5. The number of benzene rings is 1. The Kier molecular flexibility index (Phi) is 6.15. The van der Waals surface area contributed by atoms with E-state index in [4.69, 9.17) is 0 Å². The van der Waals surface area contributed by atoms with E-state index in [2.05, 4.69) is 5.32 Å². The number of nitrogens with zero attached hydrogens (tertiary/aromatic N) is 2. The lowest BCUT2D eigenvalue weighted by atomic mass is 9.99. The van der Waals surface area contributed by atoms with Crippen molar-refractivity contribution in [2.75, 3.05) is 40.3 Å². The predicted octanol–water partition coefficient (Wildman–Crippen LogP) is 0.765. The molecule has 1 saturated heterocycles. The molecule has 0 spiro atoms. The molecule has 6 nitrogen and oxygen atoms in total. The first-order valence-electron chi connectivity index (χ1n) is 7.89. The molecule has 0 bridgehead atoms. The van der Waals surface area contributed by atoms with Crippen molar-refractivity contribution in [1.29, 1.82) is 0 Å². The molecule has 1 fully saturated rings. The molecule has 0 saturated carbocycles. The van der Waals surface area contributed by atoms with Gasteiger partial charge >= 0.3 is 0 Å². The Morgan fingerprint density at radius 1 is 1.30 bits per heavy atom. The molecular weight excluding hydrogens is 314 g/mol. The van der Waals surface area contributed by atoms with Crippen molar-refractivity contribution in [3.05, 3.63) is 30.3 Å². The van der Waals surface area contributed by atoms with E-state index in [9.17, 15) is 13.2 Å². The quantitative estimate of drug-likeness (QED) is 0.831. The van der Waals surface area contributed by atoms with Crippen LogP contribution in [0.3, 0.4) is 0 Å². The third kappa shape index (κ3) is 4.76. The first kappa shape index (κ1) is 17.9. The monoisotopic (exact) mass is 339 g/mol. The Labute approximate surface area is 138 Å². The maximum Gasteiger partial charge on any atom is 0.243 e. The second-order valence-corrected chi connectivity index (χ2v) is 8.05. The molecule has 1 aromatic carbocycles. The van der Waals surface area contributed by atoms with E-state index in [0.717, 1.165) is 13.0 Å². The number of sulfonamides is 1. The van der Waals surface area contributed by atoms with Crippen molar-refractivity contribution >= 4 is 15.9 Å². The van der Waals surface area contributed by atoms with Gasteiger partial charge in [0.05, 0.1) is 10.8 Å². The molecular formula is C16H25N3O3S. The fraction of sp³-hybridized carbons (Fsp3) is 0.562. The van der Waals surface area contributed by atoms with E-state index in [-0.39, 0.29) is 23.3 Å². The zero-order chi connectivity index (χ0) is 16.9. The SMILES string of the molecule is CN(C)CCNC(=O)[C@@H]1CCCN(S(=O)(=O)c2ccccc2)C1. The standard InChI is InChI=1S/C16H25N3O3S/c1-18(2)12-10-17-16(20)14-7-6-11-19(13-14)23(21,22)15-8-4-3-5-9-15/h3-5,8-9,14H,6-7,10-13H2,1-2H3,(H,17,20)/t14-/m1/s1. The largest absolute Gasteiger partial charge is 0.355 e. The molecule has 0 aliphatic carbocycles. The average Bonchev–Trinajstić information content (AvgIpc) is 2.55. The topological polar surface area (TPSA) is 69.7 Å². The summed E-state index contributed by atoms with van der Waals surface area (Å²) in [6.07, 6.45) is 1.44. The number of hydrogen-bond donors (Lipinski definition) is 1. The number of amides is 1. The summed E-state index contributed by atoms with van der Waals surface area (Å²) in [5, 5.41) is 2.89. The maximum absolute atomic E-state index is 12.6. The van der Waals surface area contributed by atoms with Crippen LogP contribution in [-0.2, 0) is 14.8 Å². The van der Waals surface area contributed by atoms with E-state index in [1.807, 2.05) is 19.0 Å². The van der Waals surface area contributed by atoms with Crippen LogP contribution in [0.15, 0.2) is 35.2 Å². The highest BCUT2D eigenvalue weighted by Gasteiger charge is 2.33. The first-order chi connectivity index (χ1) is 10.9. The fourth-order valence-corrected chi connectivity index (χ4v) is 4.21. The van der Waals surface area contributed by atoms with Gasteiger partial charge in [0.25, 0.3) is 0 Å². The summed E-state index contributed by atoms with van der Waals surface area (Å²) >= 11 is 0. The first-order valence-corrected chi connectivity index (χ1v) is 9.33. The number of carbonyl (C=O) groups excluding carboxylic acids is 1. The molecule has 1 aliphatic heterocycles. The molecule has 0 radical (unpaired) electrons. The van der Waals surface area contributed by atoms with Crippen LogP contribution in [0, 0.1) is 5.92 Å². The molecule has 7 heteroatoms.